The predicted molar refractivity (Wildman–Crippen MR) is 63.2 cm³/mol. The molecule has 3 N–H and O–H groups in total. The topological polar surface area (TPSA) is 64.3 Å². The molecule has 4 heteroatoms. The molecule has 1 aromatic rings. The van der Waals surface area contributed by atoms with Crippen molar-refractivity contribution < 1.29 is 9.53 Å². The second-order valence-corrected chi connectivity index (χ2v) is 4.08. The van der Waals surface area contributed by atoms with Crippen LogP contribution in [0.2, 0.25) is 0 Å². The summed E-state index contributed by atoms with van der Waals surface area (Å²) in [7, 11) is 0. The van der Waals surface area contributed by atoms with Crippen LogP contribution in [0.5, 0.6) is 0 Å². The maximum atomic E-state index is 11.8. The third-order valence-electron chi connectivity index (χ3n) is 2.69. The molecule has 0 aromatic heterocycles. The molecule has 1 aliphatic rings. The fourth-order valence-electron chi connectivity index (χ4n) is 1.79. The standard InChI is InChI=1S/C12H16N2O2/c1-8-4-5-10(9(13)7-8)14-12(15)11-3-2-6-16-11/h4-5,7,11H,2-3,6,13H2,1H3,(H,14,15). The largest absolute Gasteiger partial charge is 0.397 e. The van der Waals surface area contributed by atoms with E-state index in [0.717, 1.165) is 18.4 Å². The summed E-state index contributed by atoms with van der Waals surface area (Å²) in [6.07, 6.45) is 1.42. The molecule has 4 nitrogen and oxygen atoms in total. The summed E-state index contributed by atoms with van der Waals surface area (Å²) < 4.78 is 5.30. The summed E-state index contributed by atoms with van der Waals surface area (Å²) in [5.74, 6) is -0.104. The number of anilines is 2. The first-order valence-electron chi connectivity index (χ1n) is 5.45. The van der Waals surface area contributed by atoms with Gasteiger partial charge in [0.2, 0.25) is 0 Å². The highest BCUT2D eigenvalue weighted by molar-refractivity contribution is 5.96. The lowest BCUT2D eigenvalue weighted by Crippen LogP contribution is -2.27. The molecule has 86 valence electrons. The van der Waals surface area contributed by atoms with Crippen LogP contribution in [0.25, 0.3) is 0 Å². The average Bonchev–Trinajstić information content (AvgIpc) is 2.75. The highest BCUT2D eigenvalue weighted by Crippen LogP contribution is 2.21. The Kier molecular flexibility index (Phi) is 3.10. The van der Waals surface area contributed by atoms with Gasteiger partial charge in [0.15, 0.2) is 0 Å². The smallest absolute Gasteiger partial charge is 0.253 e. The van der Waals surface area contributed by atoms with Crippen molar-refractivity contribution in [1.29, 1.82) is 0 Å². The molecule has 0 spiro atoms. The van der Waals surface area contributed by atoms with Crippen LogP contribution < -0.4 is 11.1 Å². The zero-order chi connectivity index (χ0) is 11.5. The lowest BCUT2D eigenvalue weighted by Gasteiger charge is -2.12. The molecule has 1 heterocycles. The van der Waals surface area contributed by atoms with E-state index in [1.165, 1.54) is 0 Å². The summed E-state index contributed by atoms with van der Waals surface area (Å²) in [6.45, 7) is 2.63. The van der Waals surface area contributed by atoms with Crippen molar-refractivity contribution >= 4 is 17.3 Å². The van der Waals surface area contributed by atoms with Gasteiger partial charge >= 0.3 is 0 Å². The molecule has 1 unspecified atom stereocenters. The minimum absolute atomic E-state index is 0.104. The van der Waals surface area contributed by atoms with E-state index in [0.29, 0.717) is 18.0 Å². The van der Waals surface area contributed by atoms with Crippen LogP contribution in [-0.4, -0.2) is 18.6 Å². The number of benzene rings is 1. The highest BCUT2D eigenvalue weighted by Gasteiger charge is 2.23. The van der Waals surface area contributed by atoms with Gasteiger partial charge in [-0.15, -0.1) is 0 Å². The number of amides is 1. The van der Waals surface area contributed by atoms with Crippen molar-refractivity contribution in [2.45, 2.75) is 25.9 Å². The number of carbonyl (C=O) groups is 1. The maximum Gasteiger partial charge on any atom is 0.253 e. The van der Waals surface area contributed by atoms with Crippen molar-refractivity contribution in [2.75, 3.05) is 17.7 Å². The van der Waals surface area contributed by atoms with Gasteiger partial charge in [-0.3, -0.25) is 4.79 Å². The van der Waals surface area contributed by atoms with Crippen molar-refractivity contribution in [2.24, 2.45) is 0 Å². The van der Waals surface area contributed by atoms with Gasteiger partial charge < -0.3 is 15.8 Å². The van der Waals surface area contributed by atoms with E-state index in [1.54, 1.807) is 0 Å². The first-order chi connectivity index (χ1) is 7.66. The third kappa shape index (κ3) is 2.33. The molecule has 0 radical (unpaired) electrons. The number of carbonyl (C=O) groups excluding carboxylic acids is 1. The Hall–Kier alpha value is -1.55. The molecule has 1 aliphatic heterocycles. The van der Waals surface area contributed by atoms with Gasteiger partial charge in [0.25, 0.3) is 5.91 Å². The van der Waals surface area contributed by atoms with E-state index in [4.69, 9.17) is 10.5 Å². The second kappa shape index (κ2) is 4.53. The Morgan fingerprint density at radius 1 is 1.56 bits per heavy atom. The molecule has 2 rings (SSSR count). The first kappa shape index (κ1) is 11.0. The van der Waals surface area contributed by atoms with Crippen LogP contribution in [-0.2, 0) is 9.53 Å². The Balaban J connectivity index is 2.05. The van der Waals surface area contributed by atoms with Crippen LogP contribution >= 0.6 is 0 Å². The van der Waals surface area contributed by atoms with Gasteiger partial charge in [-0.2, -0.15) is 0 Å². The van der Waals surface area contributed by atoms with Gasteiger partial charge in [-0.05, 0) is 37.5 Å². The molecule has 1 saturated heterocycles. The van der Waals surface area contributed by atoms with Crippen LogP contribution in [0.3, 0.4) is 0 Å². The number of nitrogen functional groups attached to an aromatic ring is 1. The molecular weight excluding hydrogens is 204 g/mol. The van der Waals surface area contributed by atoms with Crippen molar-refractivity contribution in [3.8, 4) is 0 Å². The van der Waals surface area contributed by atoms with E-state index >= 15 is 0 Å². The minimum Gasteiger partial charge on any atom is -0.397 e. The average molecular weight is 220 g/mol. The number of aryl methyl sites for hydroxylation is 1. The number of nitrogens with one attached hydrogen (secondary N) is 1. The third-order valence-corrected chi connectivity index (χ3v) is 2.69. The van der Waals surface area contributed by atoms with Crippen molar-refractivity contribution in [1.82, 2.24) is 0 Å². The van der Waals surface area contributed by atoms with E-state index < -0.39 is 0 Å². The normalized spacial score (nSPS) is 19.7. The van der Waals surface area contributed by atoms with Gasteiger partial charge in [0, 0.05) is 6.61 Å². The monoisotopic (exact) mass is 220 g/mol. The number of hydrogen-bond donors (Lipinski definition) is 2. The molecule has 0 aliphatic carbocycles. The summed E-state index contributed by atoms with van der Waals surface area (Å²) in [4.78, 5) is 11.8. The number of rotatable bonds is 2. The molecular formula is C12H16N2O2. The van der Waals surface area contributed by atoms with Crippen molar-refractivity contribution in [3.63, 3.8) is 0 Å². The van der Waals surface area contributed by atoms with E-state index in [-0.39, 0.29) is 12.0 Å². The zero-order valence-corrected chi connectivity index (χ0v) is 9.32. The summed E-state index contributed by atoms with van der Waals surface area (Å²) >= 11 is 0. The van der Waals surface area contributed by atoms with Crippen LogP contribution in [0.1, 0.15) is 18.4 Å². The Labute approximate surface area is 94.8 Å². The molecule has 16 heavy (non-hydrogen) atoms. The number of hydrogen-bond acceptors (Lipinski definition) is 3. The first-order valence-corrected chi connectivity index (χ1v) is 5.45. The molecule has 1 fully saturated rings. The summed E-state index contributed by atoms with van der Waals surface area (Å²) in [5.41, 5.74) is 8.14. The number of ether oxygens (including phenoxy) is 1. The fourth-order valence-corrected chi connectivity index (χ4v) is 1.79. The van der Waals surface area contributed by atoms with Crippen LogP contribution in [0.4, 0.5) is 11.4 Å². The lowest BCUT2D eigenvalue weighted by molar-refractivity contribution is -0.124. The van der Waals surface area contributed by atoms with E-state index in [2.05, 4.69) is 5.32 Å². The second-order valence-electron chi connectivity index (χ2n) is 4.08. The fraction of sp³-hybridized carbons (Fsp3) is 0.417. The van der Waals surface area contributed by atoms with Crippen LogP contribution in [0, 0.1) is 6.92 Å². The molecule has 1 aromatic carbocycles. The van der Waals surface area contributed by atoms with Gasteiger partial charge in [0.1, 0.15) is 6.10 Å². The summed E-state index contributed by atoms with van der Waals surface area (Å²) in [6, 6.07) is 5.57. The summed E-state index contributed by atoms with van der Waals surface area (Å²) in [5, 5.41) is 2.79. The molecule has 0 saturated carbocycles. The molecule has 1 atom stereocenters. The molecule has 0 bridgehead atoms. The molecule has 1 amide bonds. The van der Waals surface area contributed by atoms with E-state index in [1.807, 2.05) is 25.1 Å². The van der Waals surface area contributed by atoms with Crippen LogP contribution in [0.15, 0.2) is 18.2 Å². The minimum atomic E-state index is -0.319. The predicted octanol–water partition coefficient (Wildman–Crippen LogP) is 1.69. The van der Waals surface area contributed by atoms with Gasteiger partial charge in [0.05, 0.1) is 11.4 Å². The quantitative estimate of drug-likeness (QED) is 0.745. The SMILES string of the molecule is Cc1ccc(NC(=O)C2CCCO2)c(N)c1. The van der Waals surface area contributed by atoms with Gasteiger partial charge in [-0.1, -0.05) is 6.07 Å². The van der Waals surface area contributed by atoms with E-state index in [9.17, 15) is 4.79 Å². The van der Waals surface area contributed by atoms with Gasteiger partial charge in [-0.25, -0.2) is 0 Å². The highest BCUT2D eigenvalue weighted by atomic mass is 16.5. The Morgan fingerprint density at radius 3 is 3.00 bits per heavy atom. The Bertz CT molecular complexity index is 398. The number of nitrogens with two attached hydrogens (primary N) is 1. The Morgan fingerprint density at radius 2 is 2.38 bits per heavy atom. The zero-order valence-electron chi connectivity index (χ0n) is 9.32. The lowest BCUT2D eigenvalue weighted by atomic mass is 10.2. The van der Waals surface area contributed by atoms with Crippen molar-refractivity contribution in [3.05, 3.63) is 23.8 Å². The maximum absolute atomic E-state index is 11.8.